The molecule has 2 nitrogen and oxygen atoms in total. The van der Waals surface area contributed by atoms with Crippen LogP contribution in [0, 0.1) is 6.92 Å². The Morgan fingerprint density at radius 1 is 1.38 bits per heavy atom. The molecule has 0 radical (unpaired) electrons. The van der Waals surface area contributed by atoms with Crippen molar-refractivity contribution in [2.45, 2.75) is 58.9 Å². The zero-order valence-corrected chi connectivity index (χ0v) is 11.8. The summed E-state index contributed by atoms with van der Waals surface area (Å²) in [6.45, 7) is 9.76. The molecule has 1 heterocycles. The first-order chi connectivity index (χ1) is 7.62. The van der Waals surface area contributed by atoms with E-state index in [9.17, 15) is 0 Å². The zero-order chi connectivity index (χ0) is 12.0. The van der Waals surface area contributed by atoms with Crippen molar-refractivity contribution >= 4 is 11.3 Å². The molecule has 92 valence electrons. The van der Waals surface area contributed by atoms with Gasteiger partial charge < -0.3 is 5.32 Å². The van der Waals surface area contributed by atoms with Gasteiger partial charge in [-0.3, -0.25) is 0 Å². The first-order valence-electron chi connectivity index (χ1n) is 6.30. The van der Waals surface area contributed by atoms with Gasteiger partial charge in [0.25, 0.3) is 0 Å². The highest BCUT2D eigenvalue weighted by Crippen LogP contribution is 2.29. The van der Waals surface area contributed by atoms with Gasteiger partial charge in [0.05, 0.1) is 5.54 Å². The molecule has 1 rings (SSSR count). The largest absolute Gasteiger partial charge is 0.306 e. The molecular formula is C13H24N2S. The Bertz CT molecular complexity index is 309. The van der Waals surface area contributed by atoms with Gasteiger partial charge in [-0.05, 0) is 26.8 Å². The lowest BCUT2D eigenvalue weighted by atomic mass is 9.95. The zero-order valence-electron chi connectivity index (χ0n) is 11.0. The lowest BCUT2D eigenvalue weighted by molar-refractivity contribution is 0.333. The molecule has 0 amide bonds. The molecule has 0 bridgehead atoms. The van der Waals surface area contributed by atoms with Gasteiger partial charge in [-0.15, -0.1) is 11.3 Å². The minimum Gasteiger partial charge on any atom is -0.306 e. The number of unbranched alkanes of at least 4 members (excludes halogenated alkanes) is 2. The number of aromatic nitrogens is 1. The molecule has 1 aromatic heterocycles. The van der Waals surface area contributed by atoms with E-state index in [2.05, 4.69) is 43.4 Å². The Morgan fingerprint density at radius 3 is 2.62 bits per heavy atom. The number of hydrogen-bond donors (Lipinski definition) is 1. The average molecular weight is 240 g/mol. The van der Waals surface area contributed by atoms with Crippen molar-refractivity contribution in [1.82, 2.24) is 10.3 Å². The fourth-order valence-electron chi connectivity index (χ4n) is 2.00. The lowest BCUT2D eigenvalue weighted by Gasteiger charge is -2.28. The molecule has 0 fully saturated rings. The van der Waals surface area contributed by atoms with Gasteiger partial charge >= 0.3 is 0 Å². The van der Waals surface area contributed by atoms with Crippen molar-refractivity contribution in [3.05, 3.63) is 16.1 Å². The van der Waals surface area contributed by atoms with Crippen molar-refractivity contribution in [2.24, 2.45) is 0 Å². The summed E-state index contributed by atoms with van der Waals surface area (Å²) in [6.07, 6.45) is 5.05. The minimum atomic E-state index is 0.0723. The molecule has 1 N–H and O–H groups in total. The third-order valence-electron chi connectivity index (χ3n) is 2.94. The normalized spacial score (nSPS) is 15.0. The van der Waals surface area contributed by atoms with Crippen LogP contribution in [0.15, 0.2) is 5.38 Å². The van der Waals surface area contributed by atoms with Crippen LogP contribution in [0.25, 0.3) is 0 Å². The highest BCUT2D eigenvalue weighted by Gasteiger charge is 2.27. The second kappa shape index (κ2) is 6.36. The fourth-order valence-corrected chi connectivity index (χ4v) is 2.96. The second-order valence-corrected chi connectivity index (χ2v) is 5.47. The van der Waals surface area contributed by atoms with Gasteiger partial charge in [0.15, 0.2) is 0 Å². The van der Waals surface area contributed by atoms with E-state index in [1.807, 2.05) is 0 Å². The summed E-state index contributed by atoms with van der Waals surface area (Å²) in [5.74, 6) is 0. The van der Waals surface area contributed by atoms with Crippen LogP contribution in [0.2, 0.25) is 0 Å². The van der Waals surface area contributed by atoms with E-state index in [0.717, 1.165) is 12.2 Å². The molecular weight excluding hydrogens is 216 g/mol. The van der Waals surface area contributed by atoms with Crippen LogP contribution in [0.5, 0.6) is 0 Å². The topological polar surface area (TPSA) is 24.9 Å². The number of aryl methyl sites for hydroxylation is 1. The van der Waals surface area contributed by atoms with Gasteiger partial charge in [-0.25, -0.2) is 4.98 Å². The van der Waals surface area contributed by atoms with Crippen LogP contribution in [0.1, 0.15) is 57.2 Å². The highest BCUT2D eigenvalue weighted by molar-refractivity contribution is 7.09. The maximum Gasteiger partial charge on any atom is 0.113 e. The number of thiazole rings is 1. The van der Waals surface area contributed by atoms with Crippen molar-refractivity contribution in [3.63, 3.8) is 0 Å². The SMILES string of the molecule is CCCCCC(C)(NCC)c1nc(C)cs1. The van der Waals surface area contributed by atoms with Crippen molar-refractivity contribution in [1.29, 1.82) is 0 Å². The molecule has 0 aliphatic rings. The number of rotatable bonds is 7. The van der Waals surface area contributed by atoms with Crippen LogP contribution < -0.4 is 5.32 Å². The van der Waals surface area contributed by atoms with Gasteiger partial charge in [0, 0.05) is 11.1 Å². The molecule has 0 spiro atoms. The third-order valence-corrected chi connectivity index (χ3v) is 4.16. The van der Waals surface area contributed by atoms with Crippen LogP contribution >= 0.6 is 11.3 Å². The summed E-state index contributed by atoms with van der Waals surface area (Å²) >= 11 is 1.78. The Balaban J connectivity index is 2.71. The first-order valence-corrected chi connectivity index (χ1v) is 7.18. The Hall–Kier alpha value is -0.410. The van der Waals surface area contributed by atoms with E-state index in [1.54, 1.807) is 11.3 Å². The fraction of sp³-hybridized carbons (Fsp3) is 0.769. The predicted octanol–water partition coefficient (Wildman–Crippen LogP) is 3.86. The predicted molar refractivity (Wildman–Crippen MR) is 72.0 cm³/mol. The van der Waals surface area contributed by atoms with Crippen molar-refractivity contribution in [3.8, 4) is 0 Å². The number of nitrogens with one attached hydrogen (secondary N) is 1. The molecule has 1 atom stereocenters. The highest BCUT2D eigenvalue weighted by atomic mass is 32.1. The first kappa shape index (κ1) is 13.7. The molecule has 0 saturated heterocycles. The maximum absolute atomic E-state index is 4.64. The van der Waals surface area contributed by atoms with Gasteiger partial charge in [-0.1, -0.05) is 33.1 Å². The van der Waals surface area contributed by atoms with Crippen LogP contribution in [-0.4, -0.2) is 11.5 Å². The van der Waals surface area contributed by atoms with E-state index in [-0.39, 0.29) is 5.54 Å². The quantitative estimate of drug-likeness (QED) is 0.732. The molecule has 1 unspecified atom stereocenters. The summed E-state index contributed by atoms with van der Waals surface area (Å²) in [7, 11) is 0. The van der Waals surface area contributed by atoms with Crippen LogP contribution in [-0.2, 0) is 5.54 Å². The number of nitrogens with zero attached hydrogens (tertiary/aromatic N) is 1. The van der Waals surface area contributed by atoms with E-state index in [0.29, 0.717) is 0 Å². The third kappa shape index (κ3) is 3.56. The maximum atomic E-state index is 4.64. The van der Waals surface area contributed by atoms with Crippen molar-refractivity contribution in [2.75, 3.05) is 6.54 Å². The molecule has 0 saturated carbocycles. The molecule has 0 aliphatic heterocycles. The second-order valence-electron chi connectivity index (χ2n) is 4.61. The molecule has 0 aliphatic carbocycles. The monoisotopic (exact) mass is 240 g/mol. The van der Waals surface area contributed by atoms with E-state index >= 15 is 0 Å². The van der Waals surface area contributed by atoms with E-state index in [1.165, 1.54) is 30.7 Å². The summed E-state index contributed by atoms with van der Waals surface area (Å²) in [5, 5.41) is 6.98. The molecule has 3 heteroatoms. The van der Waals surface area contributed by atoms with Gasteiger partial charge in [0.1, 0.15) is 5.01 Å². The summed E-state index contributed by atoms with van der Waals surface area (Å²) in [5.41, 5.74) is 1.21. The smallest absolute Gasteiger partial charge is 0.113 e. The standard InChI is InChI=1S/C13H24N2S/c1-5-7-8-9-13(4,14-6-2)12-15-11(3)10-16-12/h10,14H,5-9H2,1-4H3. The minimum absolute atomic E-state index is 0.0723. The summed E-state index contributed by atoms with van der Waals surface area (Å²) in [4.78, 5) is 4.64. The Kier molecular flexibility index (Phi) is 5.42. The summed E-state index contributed by atoms with van der Waals surface area (Å²) < 4.78 is 0. The molecule has 1 aromatic rings. The summed E-state index contributed by atoms with van der Waals surface area (Å²) in [6, 6.07) is 0. The number of hydrogen-bond acceptors (Lipinski definition) is 3. The van der Waals surface area contributed by atoms with Crippen LogP contribution in [0.4, 0.5) is 0 Å². The van der Waals surface area contributed by atoms with Crippen LogP contribution in [0.3, 0.4) is 0 Å². The van der Waals surface area contributed by atoms with E-state index < -0.39 is 0 Å². The molecule has 0 aromatic carbocycles. The average Bonchev–Trinajstić information content (AvgIpc) is 2.66. The van der Waals surface area contributed by atoms with Gasteiger partial charge in [-0.2, -0.15) is 0 Å². The molecule has 16 heavy (non-hydrogen) atoms. The Morgan fingerprint density at radius 2 is 2.12 bits per heavy atom. The van der Waals surface area contributed by atoms with Crippen molar-refractivity contribution < 1.29 is 0 Å². The Labute approximate surface area is 103 Å². The van der Waals surface area contributed by atoms with E-state index in [4.69, 9.17) is 0 Å². The lowest BCUT2D eigenvalue weighted by Crippen LogP contribution is -2.39. The van der Waals surface area contributed by atoms with Gasteiger partial charge in [0.2, 0.25) is 0 Å².